The summed E-state index contributed by atoms with van der Waals surface area (Å²) >= 11 is 0. The van der Waals surface area contributed by atoms with E-state index < -0.39 is 0 Å². The number of nitrogens with two attached hydrogens (primary N) is 1. The van der Waals surface area contributed by atoms with Gasteiger partial charge < -0.3 is 15.3 Å². The Morgan fingerprint density at radius 2 is 2.29 bits per heavy atom. The molecule has 3 heteroatoms. The molecule has 1 unspecified atom stereocenters. The molecule has 3 nitrogen and oxygen atoms in total. The van der Waals surface area contributed by atoms with Crippen LogP contribution in [0.4, 0.5) is 0 Å². The zero-order valence-electron chi connectivity index (χ0n) is 8.03. The third-order valence-corrected chi connectivity index (χ3v) is 2.11. The van der Waals surface area contributed by atoms with E-state index in [0.717, 1.165) is 11.1 Å². The second-order valence-electron chi connectivity index (χ2n) is 3.58. The largest absolute Gasteiger partial charge is 0.507 e. The highest BCUT2D eigenvalue weighted by Gasteiger charge is 2.08. The topological polar surface area (TPSA) is 59.4 Å². The first-order valence-electron chi connectivity index (χ1n) is 4.63. The van der Waals surface area contributed by atoms with E-state index in [0.29, 0.717) is 12.0 Å². The molecule has 74 valence electrons. The number of fused-ring (bicyclic) bond motifs is 1. The van der Waals surface area contributed by atoms with Crippen LogP contribution in [0.3, 0.4) is 0 Å². The Bertz CT molecular complexity index is 445. The van der Waals surface area contributed by atoms with Gasteiger partial charge in [0, 0.05) is 12.5 Å². The summed E-state index contributed by atoms with van der Waals surface area (Å²) in [5, 5.41) is 10.3. The zero-order chi connectivity index (χ0) is 10.1. The zero-order valence-corrected chi connectivity index (χ0v) is 8.03. The van der Waals surface area contributed by atoms with Gasteiger partial charge in [-0.15, -0.1) is 0 Å². The van der Waals surface area contributed by atoms with E-state index in [1.165, 1.54) is 0 Å². The van der Waals surface area contributed by atoms with Crippen molar-refractivity contribution in [3.8, 4) is 5.75 Å². The summed E-state index contributed by atoms with van der Waals surface area (Å²) in [4.78, 5) is 0. The lowest BCUT2D eigenvalue weighted by Gasteiger charge is -1.98. The molecule has 1 atom stereocenters. The van der Waals surface area contributed by atoms with Gasteiger partial charge in [0.1, 0.15) is 17.1 Å². The lowest BCUT2D eigenvalue weighted by molar-refractivity contribution is 0.481. The maximum Gasteiger partial charge on any atom is 0.137 e. The minimum Gasteiger partial charge on any atom is -0.507 e. The van der Waals surface area contributed by atoms with Crippen LogP contribution < -0.4 is 5.73 Å². The summed E-state index contributed by atoms with van der Waals surface area (Å²) in [6, 6.07) is 7.15. The first-order chi connectivity index (χ1) is 6.66. The number of rotatable bonds is 2. The molecule has 0 saturated carbocycles. The number of benzene rings is 1. The molecule has 0 fully saturated rings. The second kappa shape index (κ2) is 3.35. The number of hydrogen-bond acceptors (Lipinski definition) is 3. The van der Waals surface area contributed by atoms with Crippen LogP contribution in [0.5, 0.6) is 5.75 Å². The molecule has 14 heavy (non-hydrogen) atoms. The first-order valence-corrected chi connectivity index (χ1v) is 4.63. The molecule has 0 aliphatic heterocycles. The Morgan fingerprint density at radius 3 is 2.93 bits per heavy atom. The molecular formula is C11H13NO2. The average Bonchev–Trinajstić information content (AvgIpc) is 2.47. The van der Waals surface area contributed by atoms with E-state index in [1.54, 1.807) is 12.1 Å². The van der Waals surface area contributed by atoms with Gasteiger partial charge >= 0.3 is 0 Å². The fourth-order valence-corrected chi connectivity index (χ4v) is 1.52. The van der Waals surface area contributed by atoms with Crippen molar-refractivity contribution in [3.63, 3.8) is 0 Å². The van der Waals surface area contributed by atoms with E-state index in [9.17, 15) is 5.11 Å². The summed E-state index contributed by atoms with van der Waals surface area (Å²) < 4.78 is 5.52. The Balaban J connectivity index is 2.46. The van der Waals surface area contributed by atoms with Crippen molar-refractivity contribution in [2.75, 3.05) is 0 Å². The summed E-state index contributed by atoms with van der Waals surface area (Å²) in [6.45, 7) is 1.92. The van der Waals surface area contributed by atoms with Gasteiger partial charge in [-0.25, -0.2) is 0 Å². The molecule has 0 saturated heterocycles. The van der Waals surface area contributed by atoms with Gasteiger partial charge in [-0.2, -0.15) is 0 Å². The van der Waals surface area contributed by atoms with E-state index in [-0.39, 0.29) is 11.8 Å². The quantitative estimate of drug-likeness (QED) is 0.763. The van der Waals surface area contributed by atoms with E-state index in [1.807, 2.05) is 19.1 Å². The highest BCUT2D eigenvalue weighted by atomic mass is 16.3. The van der Waals surface area contributed by atoms with Crippen molar-refractivity contribution in [2.45, 2.75) is 19.4 Å². The Morgan fingerprint density at radius 1 is 1.50 bits per heavy atom. The number of hydrogen-bond donors (Lipinski definition) is 2. The summed E-state index contributed by atoms with van der Waals surface area (Å²) in [5.41, 5.74) is 6.37. The predicted molar refractivity (Wildman–Crippen MR) is 55.2 cm³/mol. The molecule has 0 aliphatic rings. The minimum atomic E-state index is 0.0673. The molecule has 2 rings (SSSR count). The smallest absolute Gasteiger partial charge is 0.137 e. The van der Waals surface area contributed by atoms with Crippen molar-refractivity contribution >= 4 is 11.0 Å². The number of furan rings is 1. The van der Waals surface area contributed by atoms with Gasteiger partial charge in [-0.1, -0.05) is 6.07 Å². The molecule has 0 spiro atoms. The highest BCUT2D eigenvalue weighted by Crippen LogP contribution is 2.27. The van der Waals surface area contributed by atoms with Crippen LogP contribution in [0.25, 0.3) is 11.0 Å². The Kier molecular flexibility index (Phi) is 2.17. The molecular weight excluding hydrogens is 178 g/mol. The van der Waals surface area contributed by atoms with Crippen LogP contribution >= 0.6 is 0 Å². The SMILES string of the molecule is CC(N)Cc1cc2c(O)cccc2o1. The molecule has 0 aliphatic carbocycles. The van der Waals surface area contributed by atoms with Gasteiger partial charge in [0.15, 0.2) is 0 Å². The lowest BCUT2D eigenvalue weighted by atomic mass is 10.2. The van der Waals surface area contributed by atoms with Gasteiger partial charge in [0.05, 0.1) is 5.39 Å². The molecule has 0 amide bonds. The fourth-order valence-electron chi connectivity index (χ4n) is 1.52. The van der Waals surface area contributed by atoms with Crippen LogP contribution in [0.15, 0.2) is 28.7 Å². The maximum atomic E-state index is 9.53. The Labute approximate surface area is 82.1 Å². The van der Waals surface area contributed by atoms with Gasteiger partial charge in [0.2, 0.25) is 0 Å². The molecule has 0 radical (unpaired) electrons. The highest BCUT2D eigenvalue weighted by molar-refractivity contribution is 5.84. The minimum absolute atomic E-state index is 0.0673. The molecule has 1 aromatic heterocycles. The number of phenols is 1. The summed E-state index contributed by atoms with van der Waals surface area (Å²) in [6.07, 6.45) is 0.689. The third kappa shape index (κ3) is 1.59. The van der Waals surface area contributed by atoms with Crippen molar-refractivity contribution in [3.05, 3.63) is 30.0 Å². The monoisotopic (exact) mass is 191 g/mol. The van der Waals surface area contributed by atoms with Crippen LogP contribution in [0, 0.1) is 0 Å². The van der Waals surface area contributed by atoms with Crippen LogP contribution in [-0.2, 0) is 6.42 Å². The van der Waals surface area contributed by atoms with Crippen molar-refractivity contribution in [1.82, 2.24) is 0 Å². The van der Waals surface area contributed by atoms with Crippen molar-refractivity contribution < 1.29 is 9.52 Å². The van der Waals surface area contributed by atoms with Crippen molar-refractivity contribution in [2.24, 2.45) is 5.73 Å². The normalized spacial score (nSPS) is 13.3. The van der Waals surface area contributed by atoms with Gasteiger partial charge in [0.25, 0.3) is 0 Å². The maximum absolute atomic E-state index is 9.53. The lowest BCUT2D eigenvalue weighted by Crippen LogP contribution is -2.17. The van der Waals surface area contributed by atoms with Crippen molar-refractivity contribution in [1.29, 1.82) is 0 Å². The van der Waals surface area contributed by atoms with Crippen LogP contribution in [-0.4, -0.2) is 11.1 Å². The van der Waals surface area contributed by atoms with E-state index in [2.05, 4.69) is 0 Å². The second-order valence-corrected chi connectivity index (χ2v) is 3.58. The van der Waals surface area contributed by atoms with E-state index >= 15 is 0 Å². The first kappa shape index (κ1) is 9.09. The third-order valence-electron chi connectivity index (χ3n) is 2.11. The van der Waals surface area contributed by atoms with Crippen LogP contribution in [0.2, 0.25) is 0 Å². The number of phenolic OH excluding ortho intramolecular Hbond substituents is 1. The van der Waals surface area contributed by atoms with E-state index in [4.69, 9.17) is 10.2 Å². The van der Waals surface area contributed by atoms with Gasteiger partial charge in [-0.3, -0.25) is 0 Å². The molecule has 1 aromatic carbocycles. The standard InChI is InChI=1S/C11H13NO2/c1-7(12)5-8-6-9-10(13)3-2-4-11(9)14-8/h2-4,6-7,13H,5,12H2,1H3. The summed E-state index contributed by atoms with van der Waals surface area (Å²) in [7, 11) is 0. The number of aromatic hydroxyl groups is 1. The molecule has 2 aromatic rings. The summed E-state index contributed by atoms with van der Waals surface area (Å²) in [5.74, 6) is 1.07. The van der Waals surface area contributed by atoms with Gasteiger partial charge in [-0.05, 0) is 25.1 Å². The van der Waals surface area contributed by atoms with Crippen LogP contribution in [0.1, 0.15) is 12.7 Å². The Hall–Kier alpha value is -1.48. The molecule has 1 heterocycles. The molecule has 0 bridgehead atoms. The fraction of sp³-hybridized carbons (Fsp3) is 0.273. The molecule has 3 N–H and O–H groups in total. The predicted octanol–water partition coefficient (Wildman–Crippen LogP) is 2.03. The average molecular weight is 191 g/mol.